The fourth-order valence-electron chi connectivity index (χ4n) is 3.18. The maximum Gasteiger partial charge on any atom is 0.414 e. The van der Waals surface area contributed by atoms with Gasteiger partial charge in [-0.2, -0.15) is 0 Å². The van der Waals surface area contributed by atoms with Gasteiger partial charge in [0, 0.05) is 32.0 Å². The van der Waals surface area contributed by atoms with E-state index in [1.165, 1.54) is 5.56 Å². The molecule has 10 heteroatoms. The first kappa shape index (κ1) is 28.1. The second-order valence-electron chi connectivity index (χ2n) is 7.48. The number of carbonyl (C=O) groups is 2. The lowest BCUT2D eigenvalue weighted by Gasteiger charge is -2.26. The average Bonchev–Trinajstić information content (AvgIpc) is 2.89. The molecule has 0 aliphatic carbocycles. The summed E-state index contributed by atoms with van der Waals surface area (Å²) in [6.45, 7) is 2.09. The summed E-state index contributed by atoms with van der Waals surface area (Å²) in [6.07, 6.45) is 4.56. The quantitative estimate of drug-likeness (QED) is 0.291. The summed E-state index contributed by atoms with van der Waals surface area (Å²) in [5.74, 6) is -2.23. The number of thiocarbonyl (C=S) groups is 1. The first-order valence-electron chi connectivity index (χ1n) is 11.0. The Labute approximate surface area is 215 Å². The van der Waals surface area contributed by atoms with Crippen molar-refractivity contribution >= 4 is 29.3 Å². The van der Waals surface area contributed by atoms with Crippen LogP contribution in [-0.4, -0.2) is 57.9 Å². The van der Waals surface area contributed by atoms with Crippen LogP contribution in [0.1, 0.15) is 16.7 Å². The van der Waals surface area contributed by atoms with E-state index in [0.29, 0.717) is 29.7 Å². The zero-order chi connectivity index (χ0) is 26.3. The number of benzene rings is 2. The van der Waals surface area contributed by atoms with Gasteiger partial charge in [0.25, 0.3) is 0 Å². The lowest BCUT2D eigenvalue weighted by atomic mass is 10.1. The van der Waals surface area contributed by atoms with Gasteiger partial charge in [0.05, 0.1) is 14.2 Å². The van der Waals surface area contributed by atoms with Crippen LogP contribution in [0.15, 0.2) is 73.1 Å². The van der Waals surface area contributed by atoms with Crippen molar-refractivity contribution in [2.45, 2.75) is 19.5 Å². The Hall–Kier alpha value is -4.18. The third-order valence-corrected chi connectivity index (χ3v) is 5.32. The van der Waals surface area contributed by atoms with Crippen LogP contribution in [0.4, 0.5) is 0 Å². The van der Waals surface area contributed by atoms with Gasteiger partial charge in [-0.15, -0.1) is 0 Å². The number of carboxylic acids is 2. The summed E-state index contributed by atoms with van der Waals surface area (Å²) in [4.78, 5) is 24.6. The third kappa shape index (κ3) is 9.59. The number of rotatable bonds is 9. The molecule has 0 saturated carbocycles. The zero-order valence-electron chi connectivity index (χ0n) is 20.1. The topological polar surface area (TPSA) is 121 Å². The molecule has 1 aromatic heterocycles. The summed E-state index contributed by atoms with van der Waals surface area (Å²) >= 11 is 5.74. The second-order valence-corrected chi connectivity index (χ2v) is 7.87. The van der Waals surface area contributed by atoms with Gasteiger partial charge in [0.1, 0.15) is 0 Å². The van der Waals surface area contributed by atoms with Crippen molar-refractivity contribution in [2.75, 3.05) is 20.8 Å². The second kappa shape index (κ2) is 14.9. The fourth-order valence-corrected chi connectivity index (χ4v) is 3.41. The molecule has 0 radical (unpaired) electrons. The molecule has 36 heavy (non-hydrogen) atoms. The van der Waals surface area contributed by atoms with Crippen LogP contribution in [-0.2, 0) is 29.1 Å². The number of hydrogen-bond donors (Lipinski definition) is 3. The van der Waals surface area contributed by atoms with Gasteiger partial charge in [-0.25, -0.2) is 9.59 Å². The molecule has 0 amide bonds. The monoisotopic (exact) mass is 511 g/mol. The largest absolute Gasteiger partial charge is 0.493 e. The molecule has 0 aliphatic heterocycles. The van der Waals surface area contributed by atoms with Crippen LogP contribution >= 0.6 is 12.2 Å². The van der Waals surface area contributed by atoms with Crippen molar-refractivity contribution in [3.63, 3.8) is 0 Å². The van der Waals surface area contributed by atoms with Crippen LogP contribution in [0, 0.1) is 0 Å². The molecule has 3 aromatic rings. The molecule has 0 atom stereocenters. The highest BCUT2D eigenvalue weighted by molar-refractivity contribution is 7.80. The Morgan fingerprint density at radius 3 is 2.11 bits per heavy atom. The summed E-state index contributed by atoms with van der Waals surface area (Å²) in [5, 5.41) is 18.9. The molecule has 0 saturated heterocycles. The van der Waals surface area contributed by atoms with Gasteiger partial charge in [0.15, 0.2) is 16.6 Å². The minimum atomic E-state index is -1.82. The minimum absolute atomic E-state index is 0.645. The van der Waals surface area contributed by atoms with Gasteiger partial charge in [-0.3, -0.25) is 4.98 Å². The highest BCUT2D eigenvalue weighted by atomic mass is 32.1. The Kier molecular flexibility index (Phi) is 11.7. The van der Waals surface area contributed by atoms with Gasteiger partial charge >= 0.3 is 11.9 Å². The third-order valence-electron chi connectivity index (χ3n) is 4.92. The van der Waals surface area contributed by atoms with Crippen molar-refractivity contribution < 1.29 is 29.3 Å². The Morgan fingerprint density at radius 1 is 0.889 bits per heavy atom. The smallest absolute Gasteiger partial charge is 0.414 e. The standard InChI is InChI=1S/C24H27N3O2S.C2H2O4/c1-28-22-11-10-20(15-23(22)29-2)17-27(18-21-9-6-13-25-16-21)24(30)26-14-12-19-7-4-3-5-8-19;3-1(4)2(5)6/h3-11,13,15-16H,12,14,17-18H2,1-2H3,(H,26,30);(H,3,4)(H,5,6). The fraction of sp³-hybridized carbons (Fsp3) is 0.231. The first-order chi connectivity index (χ1) is 17.3. The molecule has 3 N–H and O–H groups in total. The molecule has 190 valence electrons. The maximum atomic E-state index is 9.10. The van der Waals surface area contributed by atoms with Crippen molar-refractivity contribution in [1.82, 2.24) is 15.2 Å². The Morgan fingerprint density at radius 2 is 1.53 bits per heavy atom. The molecule has 0 bridgehead atoms. The SMILES string of the molecule is COc1ccc(CN(Cc2cccnc2)C(=S)NCCc2ccccc2)cc1OC.O=C(O)C(=O)O. The van der Waals surface area contributed by atoms with E-state index < -0.39 is 11.9 Å². The van der Waals surface area contributed by atoms with Crippen molar-refractivity contribution in [2.24, 2.45) is 0 Å². The molecular formula is C26H29N3O6S. The highest BCUT2D eigenvalue weighted by Crippen LogP contribution is 2.28. The molecule has 1 heterocycles. The number of carboxylic acid groups (broad SMARTS) is 2. The van der Waals surface area contributed by atoms with Gasteiger partial charge in [-0.1, -0.05) is 42.5 Å². The summed E-state index contributed by atoms with van der Waals surface area (Å²) in [6, 6.07) is 20.3. The number of nitrogens with zero attached hydrogens (tertiary/aromatic N) is 2. The van der Waals surface area contributed by atoms with E-state index in [4.69, 9.17) is 41.5 Å². The summed E-state index contributed by atoms with van der Waals surface area (Å²) in [5.41, 5.74) is 3.47. The maximum absolute atomic E-state index is 9.10. The normalized spacial score (nSPS) is 9.83. The average molecular weight is 512 g/mol. The lowest BCUT2D eigenvalue weighted by Crippen LogP contribution is -2.39. The van der Waals surface area contributed by atoms with Crippen LogP contribution in [0.2, 0.25) is 0 Å². The van der Waals surface area contributed by atoms with Crippen LogP contribution in [0.5, 0.6) is 11.5 Å². The summed E-state index contributed by atoms with van der Waals surface area (Å²) in [7, 11) is 3.28. The van der Waals surface area contributed by atoms with E-state index in [1.54, 1.807) is 20.4 Å². The number of pyridine rings is 1. The van der Waals surface area contributed by atoms with Gasteiger partial charge in [-0.05, 0) is 53.5 Å². The molecule has 3 rings (SSSR count). The van der Waals surface area contributed by atoms with E-state index in [9.17, 15) is 0 Å². The first-order valence-corrected chi connectivity index (χ1v) is 11.4. The minimum Gasteiger partial charge on any atom is -0.493 e. The number of aromatic nitrogens is 1. The number of ether oxygens (including phenoxy) is 2. The van der Waals surface area contributed by atoms with E-state index in [1.807, 2.05) is 36.5 Å². The van der Waals surface area contributed by atoms with Crippen LogP contribution < -0.4 is 14.8 Å². The van der Waals surface area contributed by atoms with E-state index >= 15 is 0 Å². The van der Waals surface area contributed by atoms with Gasteiger partial charge in [0.2, 0.25) is 0 Å². The molecule has 9 nitrogen and oxygen atoms in total. The predicted molar refractivity (Wildman–Crippen MR) is 139 cm³/mol. The predicted octanol–water partition coefficient (Wildman–Crippen LogP) is 3.37. The molecular weight excluding hydrogens is 482 g/mol. The van der Waals surface area contributed by atoms with E-state index in [0.717, 1.165) is 24.1 Å². The molecule has 0 spiro atoms. The molecule has 2 aromatic carbocycles. The molecule has 0 aliphatic rings. The Balaban J connectivity index is 0.000000678. The number of aliphatic carboxylic acids is 2. The van der Waals surface area contributed by atoms with Crippen molar-refractivity contribution in [1.29, 1.82) is 0 Å². The van der Waals surface area contributed by atoms with E-state index in [-0.39, 0.29) is 0 Å². The molecule has 0 fully saturated rings. The van der Waals surface area contributed by atoms with E-state index in [2.05, 4.69) is 45.5 Å². The number of methoxy groups -OCH3 is 2. The number of nitrogens with one attached hydrogen (secondary N) is 1. The Bertz CT molecular complexity index is 1120. The highest BCUT2D eigenvalue weighted by Gasteiger charge is 2.13. The number of hydrogen-bond acceptors (Lipinski definition) is 6. The van der Waals surface area contributed by atoms with Crippen LogP contribution in [0.25, 0.3) is 0 Å². The lowest BCUT2D eigenvalue weighted by molar-refractivity contribution is -0.159. The zero-order valence-corrected chi connectivity index (χ0v) is 20.9. The van der Waals surface area contributed by atoms with Crippen molar-refractivity contribution in [3.05, 3.63) is 89.7 Å². The summed E-state index contributed by atoms with van der Waals surface area (Å²) < 4.78 is 10.8. The van der Waals surface area contributed by atoms with Gasteiger partial charge < -0.3 is 29.9 Å². The van der Waals surface area contributed by atoms with Crippen molar-refractivity contribution in [3.8, 4) is 11.5 Å². The van der Waals surface area contributed by atoms with Crippen LogP contribution in [0.3, 0.4) is 0 Å². The molecule has 0 unspecified atom stereocenters.